The Hall–Kier alpha value is -3.35. The summed E-state index contributed by atoms with van der Waals surface area (Å²) in [5.74, 6) is -1.39. The second-order valence-electron chi connectivity index (χ2n) is 9.81. The number of rotatable bonds is 6. The molecule has 7 heteroatoms. The molecule has 2 atom stereocenters. The van der Waals surface area contributed by atoms with Gasteiger partial charge in [-0.1, -0.05) is 55.0 Å². The van der Waals surface area contributed by atoms with Crippen LogP contribution in [0.4, 0.5) is 4.79 Å². The van der Waals surface area contributed by atoms with E-state index in [0.717, 1.165) is 41.5 Å². The zero-order valence-electron chi connectivity index (χ0n) is 19.3. The van der Waals surface area contributed by atoms with Gasteiger partial charge in [-0.2, -0.15) is 0 Å². The number of carboxylic acid groups (broad SMARTS) is 1. The number of carboxylic acids is 1. The second-order valence-corrected chi connectivity index (χ2v) is 9.81. The number of ether oxygens (including phenoxy) is 1. The Labute approximate surface area is 199 Å². The molecular weight excluding hydrogens is 432 g/mol. The van der Waals surface area contributed by atoms with Gasteiger partial charge in [0.25, 0.3) is 0 Å². The normalized spacial score (nSPS) is 22.4. The van der Waals surface area contributed by atoms with E-state index in [2.05, 4.69) is 29.6 Å². The quantitative estimate of drug-likeness (QED) is 0.672. The fourth-order valence-corrected chi connectivity index (χ4v) is 5.63. The molecule has 1 heterocycles. The van der Waals surface area contributed by atoms with Crippen molar-refractivity contribution in [2.45, 2.75) is 56.5 Å². The topological polar surface area (TPSA) is 95.9 Å². The van der Waals surface area contributed by atoms with E-state index in [1.54, 1.807) is 6.92 Å². The fraction of sp³-hybridized carbons (Fsp3) is 0.444. The highest BCUT2D eigenvalue weighted by atomic mass is 16.5. The van der Waals surface area contributed by atoms with Crippen LogP contribution in [-0.2, 0) is 14.3 Å². The first-order valence-corrected chi connectivity index (χ1v) is 12.1. The number of alkyl carbamates (subject to hydrolysis) is 1. The van der Waals surface area contributed by atoms with Crippen LogP contribution in [0.25, 0.3) is 11.1 Å². The number of nitrogens with zero attached hydrogens (tertiary/aromatic N) is 1. The van der Waals surface area contributed by atoms with E-state index in [-0.39, 0.29) is 24.3 Å². The summed E-state index contributed by atoms with van der Waals surface area (Å²) in [7, 11) is 0. The van der Waals surface area contributed by atoms with E-state index in [1.165, 1.54) is 4.90 Å². The van der Waals surface area contributed by atoms with Crippen LogP contribution in [0.5, 0.6) is 0 Å². The predicted octanol–water partition coefficient (Wildman–Crippen LogP) is 4.16. The minimum atomic E-state index is -1.23. The number of carbonyl (C=O) groups excluding carboxylic acids is 2. The lowest BCUT2D eigenvalue weighted by Crippen LogP contribution is -2.59. The number of hydrogen-bond donors (Lipinski definition) is 2. The van der Waals surface area contributed by atoms with Gasteiger partial charge in [-0.15, -0.1) is 0 Å². The molecule has 0 spiro atoms. The molecule has 34 heavy (non-hydrogen) atoms. The molecule has 0 bridgehead atoms. The molecule has 1 aliphatic heterocycles. The Balaban J connectivity index is 1.29. The maximum absolute atomic E-state index is 13.4. The molecule has 2 amide bonds. The molecule has 0 aromatic heterocycles. The molecule has 2 aliphatic carbocycles. The van der Waals surface area contributed by atoms with E-state index in [0.29, 0.717) is 19.4 Å². The zero-order chi connectivity index (χ0) is 23.9. The summed E-state index contributed by atoms with van der Waals surface area (Å²) < 4.78 is 5.66. The van der Waals surface area contributed by atoms with Crippen LogP contribution >= 0.6 is 0 Å². The lowest BCUT2D eigenvalue weighted by molar-refractivity contribution is -0.157. The van der Waals surface area contributed by atoms with Crippen LogP contribution < -0.4 is 5.32 Å². The molecule has 0 radical (unpaired) electrons. The molecule has 1 saturated heterocycles. The number of likely N-dealkylation sites (tertiary alicyclic amines) is 1. The molecule has 3 aliphatic rings. The van der Waals surface area contributed by atoms with Crippen molar-refractivity contribution in [3.8, 4) is 11.1 Å². The number of amides is 2. The van der Waals surface area contributed by atoms with Gasteiger partial charge in [-0.25, -0.2) is 9.59 Å². The van der Waals surface area contributed by atoms with Gasteiger partial charge in [-0.05, 0) is 60.8 Å². The highest BCUT2D eigenvalue weighted by Gasteiger charge is 2.49. The lowest BCUT2D eigenvalue weighted by atomic mass is 9.79. The Kier molecular flexibility index (Phi) is 5.80. The maximum atomic E-state index is 13.4. The number of carbonyl (C=O) groups is 3. The predicted molar refractivity (Wildman–Crippen MR) is 126 cm³/mol. The van der Waals surface area contributed by atoms with Gasteiger partial charge in [0.1, 0.15) is 18.2 Å². The number of benzene rings is 2. The van der Waals surface area contributed by atoms with Crippen molar-refractivity contribution in [1.29, 1.82) is 0 Å². The van der Waals surface area contributed by atoms with Crippen LogP contribution in [0.1, 0.15) is 56.1 Å². The Morgan fingerprint density at radius 2 is 1.68 bits per heavy atom. The average molecular weight is 463 g/mol. The number of aliphatic carboxylic acids is 1. The van der Waals surface area contributed by atoms with Crippen molar-refractivity contribution >= 4 is 18.0 Å². The minimum absolute atomic E-state index is 0.00614. The van der Waals surface area contributed by atoms with Gasteiger partial charge in [0.2, 0.25) is 5.91 Å². The second kappa shape index (κ2) is 8.78. The first-order chi connectivity index (χ1) is 16.4. The SMILES string of the molecule is C[C@@]1(C(=O)O)CCCN1C(=O)C(NC(=O)OCC1c2ccccc2-c2ccccc21)C1CCC1. The van der Waals surface area contributed by atoms with E-state index in [1.807, 2.05) is 24.3 Å². The van der Waals surface area contributed by atoms with Gasteiger partial charge in [-0.3, -0.25) is 4.79 Å². The molecular formula is C27H30N2O5. The summed E-state index contributed by atoms with van der Waals surface area (Å²) in [4.78, 5) is 39.6. The van der Waals surface area contributed by atoms with Gasteiger partial charge < -0.3 is 20.1 Å². The third-order valence-electron chi connectivity index (χ3n) is 7.87. The Bertz CT molecular complexity index is 1080. The summed E-state index contributed by atoms with van der Waals surface area (Å²) in [5, 5.41) is 12.5. The highest BCUT2D eigenvalue weighted by Crippen LogP contribution is 2.44. The van der Waals surface area contributed by atoms with Crippen LogP contribution in [0.15, 0.2) is 48.5 Å². The third-order valence-corrected chi connectivity index (χ3v) is 7.87. The van der Waals surface area contributed by atoms with Crippen LogP contribution in [0.3, 0.4) is 0 Å². The fourth-order valence-electron chi connectivity index (χ4n) is 5.63. The molecule has 2 aromatic carbocycles. The molecule has 2 aromatic rings. The van der Waals surface area contributed by atoms with Crippen molar-refractivity contribution in [3.63, 3.8) is 0 Å². The number of hydrogen-bond acceptors (Lipinski definition) is 4. The van der Waals surface area contributed by atoms with E-state index < -0.39 is 23.6 Å². The summed E-state index contributed by atoms with van der Waals surface area (Å²) in [6.45, 7) is 2.14. The summed E-state index contributed by atoms with van der Waals surface area (Å²) in [5.41, 5.74) is 3.31. The van der Waals surface area contributed by atoms with Gasteiger partial charge in [0.05, 0.1) is 0 Å². The van der Waals surface area contributed by atoms with Gasteiger partial charge in [0, 0.05) is 12.5 Å². The summed E-state index contributed by atoms with van der Waals surface area (Å²) >= 11 is 0. The van der Waals surface area contributed by atoms with Crippen molar-refractivity contribution < 1.29 is 24.2 Å². The minimum Gasteiger partial charge on any atom is -0.480 e. The van der Waals surface area contributed by atoms with Gasteiger partial charge >= 0.3 is 12.1 Å². The van der Waals surface area contributed by atoms with Gasteiger partial charge in [0.15, 0.2) is 0 Å². The van der Waals surface area contributed by atoms with Crippen LogP contribution in [-0.4, -0.2) is 52.7 Å². The summed E-state index contributed by atoms with van der Waals surface area (Å²) in [6, 6.07) is 15.5. The van der Waals surface area contributed by atoms with E-state index in [9.17, 15) is 19.5 Å². The van der Waals surface area contributed by atoms with Crippen molar-refractivity contribution in [2.75, 3.05) is 13.2 Å². The largest absolute Gasteiger partial charge is 0.480 e. The molecule has 1 unspecified atom stereocenters. The first-order valence-electron chi connectivity index (χ1n) is 12.1. The van der Waals surface area contributed by atoms with Crippen molar-refractivity contribution in [1.82, 2.24) is 10.2 Å². The van der Waals surface area contributed by atoms with E-state index >= 15 is 0 Å². The number of fused-ring (bicyclic) bond motifs is 3. The van der Waals surface area contributed by atoms with Crippen molar-refractivity contribution in [3.05, 3.63) is 59.7 Å². The standard InChI is InChI=1S/C27H30N2O5/c1-27(25(31)32)14-7-15-29(27)24(30)23(17-8-6-9-17)28-26(33)34-16-22-20-12-4-2-10-18(20)19-11-3-5-13-21(19)22/h2-5,10-13,17,22-23H,6-9,14-16H2,1H3,(H,28,33)(H,31,32)/t23?,27-/m0/s1. The van der Waals surface area contributed by atoms with Crippen LogP contribution in [0.2, 0.25) is 0 Å². The van der Waals surface area contributed by atoms with Crippen LogP contribution in [0, 0.1) is 5.92 Å². The molecule has 7 nitrogen and oxygen atoms in total. The lowest BCUT2D eigenvalue weighted by Gasteiger charge is -2.39. The molecule has 178 valence electrons. The highest BCUT2D eigenvalue weighted by molar-refractivity contribution is 5.92. The smallest absolute Gasteiger partial charge is 0.407 e. The van der Waals surface area contributed by atoms with Crippen molar-refractivity contribution in [2.24, 2.45) is 5.92 Å². The maximum Gasteiger partial charge on any atom is 0.407 e. The third kappa shape index (κ3) is 3.73. The molecule has 2 N–H and O–H groups in total. The molecule has 1 saturated carbocycles. The number of nitrogens with one attached hydrogen (secondary N) is 1. The molecule has 5 rings (SSSR count). The average Bonchev–Trinajstić information content (AvgIpc) is 3.35. The van der Waals surface area contributed by atoms with E-state index in [4.69, 9.17) is 4.74 Å². The summed E-state index contributed by atoms with van der Waals surface area (Å²) in [6.07, 6.45) is 3.07. The Morgan fingerprint density at radius 1 is 1.06 bits per heavy atom. The zero-order valence-corrected chi connectivity index (χ0v) is 19.3. The monoisotopic (exact) mass is 462 g/mol. The Morgan fingerprint density at radius 3 is 2.24 bits per heavy atom. The molecule has 2 fully saturated rings. The first kappa shape index (κ1) is 22.4.